The lowest BCUT2D eigenvalue weighted by atomic mass is 9.69. The first-order valence-corrected chi connectivity index (χ1v) is 5.17. The zero-order chi connectivity index (χ0) is 10.9. The molecule has 0 saturated heterocycles. The lowest BCUT2D eigenvalue weighted by Gasteiger charge is -2.33. The molecule has 15 heavy (non-hydrogen) atoms. The monoisotopic (exact) mass is 199 g/mol. The molecule has 2 rings (SSSR count). The van der Waals surface area contributed by atoms with Gasteiger partial charge in [-0.05, 0) is 12.0 Å². The Bertz CT molecular complexity index is 444. The van der Waals surface area contributed by atoms with Crippen molar-refractivity contribution in [2.75, 3.05) is 0 Å². The summed E-state index contributed by atoms with van der Waals surface area (Å²) >= 11 is 0. The van der Waals surface area contributed by atoms with Crippen LogP contribution in [-0.2, 0) is 5.41 Å². The van der Waals surface area contributed by atoms with Gasteiger partial charge in [0.05, 0.1) is 6.07 Å². The molecule has 1 aromatic rings. The zero-order valence-corrected chi connectivity index (χ0v) is 8.79. The molecule has 0 fully saturated rings. The number of fused-ring (bicyclic) bond motifs is 1. The predicted molar refractivity (Wildman–Crippen MR) is 57.6 cm³/mol. The molecule has 0 radical (unpaired) electrons. The fraction of sp³-hybridized carbons (Fsp3) is 0.385. The summed E-state index contributed by atoms with van der Waals surface area (Å²) in [6, 6.07) is 9.89. The Morgan fingerprint density at radius 2 is 2.20 bits per heavy atom. The highest BCUT2D eigenvalue weighted by Crippen LogP contribution is 2.39. The van der Waals surface area contributed by atoms with Crippen molar-refractivity contribution >= 4 is 5.78 Å². The van der Waals surface area contributed by atoms with E-state index in [1.165, 1.54) is 0 Å². The van der Waals surface area contributed by atoms with Gasteiger partial charge in [0.1, 0.15) is 0 Å². The minimum Gasteiger partial charge on any atom is -0.294 e. The molecule has 0 spiro atoms. The van der Waals surface area contributed by atoms with Gasteiger partial charge in [-0.1, -0.05) is 31.2 Å². The third-order valence-corrected chi connectivity index (χ3v) is 3.25. The number of ketones is 1. The van der Waals surface area contributed by atoms with E-state index in [-0.39, 0.29) is 11.2 Å². The van der Waals surface area contributed by atoms with Crippen molar-refractivity contribution in [1.29, 1.82) is 5.26 Å². The molecule has 1 aliphatic rings. The van der Waals surface area contributed by atoms with Crippen molar-refractivity contribution in [3.05, 3.63) is 35.4 Å². The van der Waals surface area contributed by atoms with Crippen molar-refractivity contribution in [3.63, 3.8) is 0 Å². The number of hydrogen-bond acceptors (Lipinski definition) is 2. The van der Waals surface area contributed by atoms with Crippen LogP contribution in [-0.4, -0.2) is 5.78 Å². The maximum Gasteiger partial charge on any atom is 0.163 e. The van der Waals surface area contributed by atoms with Crippen molar-refractivity contribution in [3.8, 4) is 6.07 Å². The van der Waals surface area contributed by atoms with Gasteiger partial charge in [-0.3, -0.25) is 4.79 Å². The first kappa shape index (κ1) is 9.92. The smallest absolute Gasteiger partial charge is 0.163 e. The van der Waals surface area contributed by atoms with Crippen LogP contribution in [0.4, 0.5) is 0 Å². The topological polar surface area (TPSA) is 40.9 Å². The molecule has 0 amide bonds. The zero-order valence-electron chi connectivity index (χ0n) is 8.79. The minimum absolute atomic E-state index is 0.140. The average Bonchev–Trinajstić information content (AvgIpc) is 2.25. The summed E-state index contributed by atoms with van der Waals surface area (Å²) in [7, 11) is 0. The van der Waals surface area contributed by atoms with Crippen LogP contribution in [0.2, 0.25) is 0 Å². The molecule has 0 saturated carbocycles. The lowest BCUT2D eigenvalue weighted by Crippen LogP contribution is -2.29. The minimum atomic E-state index is -0.140. The molecule has 0 heterocycles. The summed E-state index contributed by atoms with van der Waals surface area (Å²) in [5.74, 6) is 0.209. The largest absolute Gasteiger partial charge is 0.294 e. The van der Waals surface area contributed by atoms with Crippen LogP contribution >= 0.6 is 0 Å². The number of nitriles is 1. The van der Waals surface area contributed by atoms with Crippen molar-refractivity contribution in [1.82, 2.24) is 0 Å². The first-order chi connectivity index (χ1) is 7.17. The summed E-state index contributed by atoms with van der Waals surface area (Å²) < 4.78 is 0. The number of carbonyl (C=O) groups excluding carboxylic acids is 1. The van der Waals surface area contributed by atoms with Crippen LogP contribution in [0.25, 0.3) is 0 Å². The quantitative estimate of drug-likeness (QED) is 0.697. The van der Waals surface area contributed by atoms with E-state index in [2.05, 4.69) is 13.0 Å². The standard InChI is InChI=1S/C13H13NO/c1-13(8-9-14)7-6-12(15)10-4-2-3-5-11(10)13/h2-5H,6-8H2,1H3. The van der Waals surface area contributed by atoms with E-state index in [0.29, 0.717) is 12.8 Å². The Kier molecular flexibility index (Phi) is 2.32. The molecule has 0 aromatic heterocycles. The molecular formula is C13H13NO. The first-order valence-electron chi connectivity index (χ1n) is 5.17. The normalized spacial score (nSPS) is 24.4. The highest BCUT2D eigenvalue weighted by molar-refractivity contribution is 5.99. The third kappa shape index (κ3) is 1.55. The predicted octanol–water partition coefficient (Wildman–Crippen LogP) is 2.83. The molecule has 2 heteroatoms. The van der Waals surface area contributed by atoms with Crippen LogP contribution in [0.5, 0.6) is 0 Å². The van der Waals surface area contributed by atoms with Gasteiger partial charge in [-0.2, -0.15) is 5.26 Å². The SMILES string of the molecule is CC1(CC#N)CCC(=O)c2ccccc21. The molecule has 1 aliphatic carbocycles. The maximum atomic E-state index is 11.7. The molecule has 0 N–H and O–H groups in total. The van der Waals surface area contributed by atoms with Crippen LogP contribution in [0, 0.1) is 11.3 Å². The Balaban J connectivity index is 2.54. The fourth-order valence-electron chi connectivity index (χ4n) is 2.27. The van der Waals surface area contributed by atoms with Crippen molar-refractivity contribution in [2.45, 2.75) is 31.6 Å². The highest BCUT2D eigenvalue weighted by atomic mass is 16.1. The van der Waals surface area contributed by atoms with E-state index in [0.717, 1.165) is 17.5 Å². The lowest BCUT2D eigenvalue weighted by molar-refractivity contribution is 0.0954. The Hall–Kier alpha value is -1.62. The van der Waals surface area contributed by atoms with Gasteiger partial charge >= 0.3 is 0 Å². The van der Waals surface area contributed by atoms with Crippen LogP contribution in [0.3, 0.4) is 0 Å². The van der Waals surface area contributed by atoms with Gasteiger partial charge in [0.25, 0.3) is 0 Å². The van der Waals surface area contributed by atoms with E-state index in [9.17, 15) is 4.79 Å². The summed E-state index contributed by atoms with van der Waals surface area (Å²) in [5, 5.41) is 8.84. The van der Waals surface area contributed by atoms with E-state index in [1.54, 1.807) is 0 Å². The fourth-order valence-corrected chi connectivity index (χ4v) is 2.27. The van der Waals surface area contributed by atoms with E-state index in [4.69, 9.17) is 5.26 Å². The van der Waals surface area contributed by atoms with E-state index < -0.39 is 0 Å². The average molecular weight is 199 g/mol. The number of rotatable bonds is 1. The molecule has 76 valence electrons. The van der Waals surface area contributed by atoms with Crippen LogP contribution in [0.15, 0.2) is 24.3 Å². The van der Waals surface area contributed by atoms with Gasteiger partial charge in [0.2, 0.25) is 0 Å². The van der Waals surface area contributed by atoms with Crippen LogP contribution < -0.4 is 0 Å². The Morgan fingerprint density at radius 3 is 2.93 bits per heavy atom. The van der Waals surface area contributed by atoms with E-state index >= 15 is 0 Å². The number of hydrogen-bond donors (Lipinski definition) is 0. The number of carbonyl (C=O) groups is 1. The second kappa shape index (κ2) is 3.51. The number of benzene rings is 1. The summed E-state index contributed by atoms with van der Waals surface area (Å²) in [6.07, 6.45) is 1.84. The molecular weight excluding hydrogens is 186 g/mol. The molecule has 1 atom stereocenters. The summed E-state index contributed by atoms with van der Waals surface area (Å²) in [4.78, 5) is 11.7. The molecule has 2 nitrogen and oxygen atoms in total. The number of Topliss-reactive ketones (excluding diaryl/α,β-unsaturated/α-hetero) is 1. The third-order valence-electron chi connectivity index (χ3n) is 3.25. The molecule has 1 aromatic carbocycles. The van der Waals surface area contributed by atoms with E-state index in [1.807, 2.05) is 24.3 Å². The number of nitrogens with zero attached hydrogens (tertiary/aromatic N) is 1. The van der Waals surface area contributed by atoms with Crippen molar-refractivity contribution < 1.29 is 4.79 Å². The highest BCUT2D eigenvalue weighted by Gasteiger charge is 2.34. The van der Waals surface area contributed by atoms with Gasteiger partial charge in [0, 0.05) is 23.8 Å². The Morgan fingerprint density at radius 1 is 1.47 bits per heavy atom. The summed E-state index contributed by atoms with van der Waals surface area (Å²) in [5.41, 5.74) is 1.71. The van der Waals surface area contributed by atoms with Gasteiger partial charge in [0.15, 0.2) is 5.78 Å². The molecule has 0 bridgehead atoms. The molecule has 0 aliphatic heterocycles. The van der Waals surface area contributed by atoms with Gasteiger partial charge in [-0.15, -0.1) is 0 Å². The second-order valence-corrected chi connectivity index (χ2v) is 4.36. The molecule has 1 unspecified atom stereocenters. The van der Waals surface area contributed by atoms with Crippen LogP contribution in [0.1, 0.15) is 42.1 Å². The summed E-state index contributed by atoms with van der Waals surface area (Å²) in [6.45, 7) is 2.07. The maximum absolute atomic E-state index is 11.7. The van der Waals surface area contributed by atoms with Gasteiger partial charge < -0.3 is 0 Å². The Labute approximate surface area is 89.5 Å². The second-order valence-electron chi connectivity index (χ2n) is 4.36. The van der Waals surface area contributed by atoms with Gasteiger partial charge in [-0.25, -0.2) is 0 Å². The van der Waals surface area contributed by atoms with Crippen molar-refractivity contribution in [2.24, 2.45) is 0 Å².